The molecule has 2 aliphatic rings. The van der Waals surface area contributed by atoms with Crippen LogP contribution >= 0.6 is 0 Å². The Bertz CT molecular complexity index is 737. The Labute approximate surface area is 172 Å². The van der Waals surface area contributed by atoms with Crippen LogP contribution in [0.5, 0.6) is 5.75 Å². The monoisotopic (exact) mass is 401 g/mol. The van der Waals surface area contributed by atoms with Crippen molar-refractivity contribution in [2.24, 2.45) is 0 Å². The molecule has 1 aromatic rings. The van der Waals surface area contributed by atoms with E-state index < -0.39 is 12.0 Å². The van der Waals surface area contributed by atoms with Gasteiger partial charge in [-0.3, -0.25) is 4.90 Å². The zero-order valence-electron chi connectivity index (χ0n) is 17.3. The van der Waals surface area contributed by atoms with Crippen molar-refractivity contribution in [3.05, 3.63) is 41.1 Å². The number of carbonyl (C=O) groups excluding carboxylic acids is 2. The maximum Gasteiger partial charge on any atom is 0.338 e. The number of rotatable bonds is 7. The lowest BCUT2D eigenvalue weighted by atomic mass is 9.95. The Balaban J connectivity index is 1.93. The zero-order chi connectivity index (χ0) is 20.6. The summed E-state index contributed by atoms with van der Waals surface area (Å²) >= 11 is 0. The van der Waals surface area contributed by atoms with E-state index >= 15 is 0 Å². The van der Waals surface area contributed by atoms with Crippen molar-refractivity contribution in [1.29, 1.82) is 0 Å². The van der Waals surface area contributed by atoms with Crippen LogP contribution in [-0.4, -0.2) is 49.7 Å². The Morgan fingerprint density at radius 3 is 2.38 bits per heavy atom. The number of urea groups is 1. The summed E-state index contributed by atoms with van der Waals surface area (Å²) in [6.07, 6.45) is 4.72. The van der Waals surface area contributed by atoms with Crippen LogP contribution in [0.1, 0.15) is 51.1 Å². The number of hydrogen-bond acceptors (Lipinski definition) is 5. The number of esters is 1. The number of ether oxygens (including phenoxy) is 2. The standard InChI is InChI=1S/C22H31N3O4/c1-3-28-17-11-9-16(10-12-17)20-19(21(26)29-4-2)18(23-22(27)24-20)15-25-13-7-5-6-8-14-25/h9-12,20H,3-8,13-15H2,1-2H3,(H2,23,24,27). The molecule has 2 aliphatic heterocycles. The van der Waals surface area contributed by atoms with E-state index in [-0.39, 0.29) is 12.6 Å². The molecule has 2 N–H and O–H groups in total. The van der Waals surface area contributed by atoms with Crippen molar-refractivity contribution in [3.8, 4) is 5.75 Å². The van der Waals surface area contributed by atoms with Crippen molar-refractivity contribution in [1.82, 2.24) is 15.5 Å². The van der Waals surface area contributed by atoms with E-state index in [2.05, 4.69) is 15.5 Å². The fourth-order valence-corrected chi connectivity index (χ4v) is 3.88. The number of amides is 2. The van der Waals surface area contributed by atoms with Gasteiger partial charge in [0, 0.05) is 12.2 Å². The molecule has 1 unspecified atom stereocenters. The quantitative estimate of drug-likeness (QED) is 0.686. The van der Waals surface area contributed by atoms with Crippen LogP contribution in [0.3, 0.4) is 0 Å². The second-order valence-corrected chi connectivity index (χ2v) is 7.34. The van der Waals surface area contributed by atoms with E-state index in [1.54, 1.807) is 6.92 Å². The molecule has 7 nitrogen and oxygen atoms in total. The zero-order valence-corrected chi connectivity index (χ0v) is 17.3. The topological polar surface area (TPSA) is 79.9 Å². The van der Waals surface area contributed by atoms with Gasteiger partial charge < -0.3 is 20.1 Å². The minimum atomic E-state index is -0.555. The molecule has 0 spiro atoms. The average Bonchev–Trinajstić information content (AvgIpc) is 2.97. The molecule has 1 saturated heterocycles. The molecule has 2 amide bonds. The summed E-state index contributed by atoms with van der Waals surface area (Å²) in [6, 6.07) is 6.60. The van der Waals surface area contributed by atoms with E-state index in [4.69, 9.17) is 9.47 Å². The van der Waals surface area contributed by atoms with Crippen LogP contribution in [0.2, 0.25) is 0 Å². The highest BCUT2D eigenvalue weighted by Gasteiger charge is 2.34. The van der Waals surface area contributed by atoms with Crippen molar-refractivity contribution in [2.75, 3.05) is 32.8 Å². The van der Waals surface area contributed by atoms with Gasteiger partial charge in [0.25, 0.3) is 0 Å². The smallest absolute Gasteiger partial charge is 0.338 e. The summed E-state index contributed by atoms with van der Waals surface area (Å²) in [5, 5.41) is 5.75. The third kappa shape index (κ3) is 5.50. The maximum atomic E-state index is 12.9. The number of likely N-dealkylation sites (tertiary alicyclic amines) is 1. The molecule has 1 fully saturated rings. The maximum absolute atomic E-state index is 12.9. The first kappa shape index (κ1) is 21.2. The number of nitrogens with zero attached hydrogens (tertiary/aromatic N) is 1. The molecule has 0 radical (unpaired) electrons. The van der Waals surface area contributed by atoms with Gasteiger partial charge in [0.15, 0.2) is 0 Å². The molecule has 0 bridgehead atoms. The number of nitrogens with one attached hydrogen (secondary N) is 2. The van der Waals surface area contributed by atoms with Crippen molar-refractivity contribution >= 4 is 12.0 Å². The molecule has 3 rings (SSSR count). The highest BCUT2D eigenvalue weighted by Crippen LogP contribution is 2.29. The minimum absolute atomic E-state index is 0.281. The molecule has 0 aromatic heterocycles. The first-order chi connectivity index (χ1) is 14.1. The van der Waals surface area contributed by atoms with Crippen LogP contribution in [0.25, 0.3) is 0 Å². The third-order valence-electron chi connectivity index (χ3n) is 5.25. The molecule has 29 heavy (non-hydrogen) atoms. The average molecular weight is 402 g/mol. The molecule has 1 aromatic carbocycles. The van der Waals surface area contributed by atoms with E-state index in [1.807, 2.05) is 31.2 Å². The van der Waals surface area contributed by atoms with E-state index in [1.165, 1.54) is 12.8 Å². The van der Waals surface area contributed by atoms with Crippen molar-refractivity contribution in [2.45, 2.75) is 45.6 Å². The summed E-state index contributed by atoms with van der Waals surface area (Å²) in [7, 11) is 0. The van der Waals surface area contributed by atoms with Gasteiger partial charge in [-0.05, 0) is 57.5 Å². The molecular weight excluding hydrogens is 370 g/mol. The van der Waals surface area contributed by atoms with Crippen LogP contribution in [0, 0.1) is 0 Å². The highest BCUT2D eigenvalue weighted by molar-refractivity contribution is 5.95. The number of hydrogen-bond donors (Lipinski definition) is 2. The molecule has 1 atom stereocenters. The highest BCUT2D eigenvalue weighted by atomic mass is 16.5. The Hall–Kier alpha value is -2.54. The lowest BCUT2D eigenvalue weighted by Crippen LogP contribution is -2.48. The van der Waals surface area contributed by atoms with E-state index in [0.29, 0.717) is 24.4 Å². The summed E-state index contributed by atoms with van der Waals surface area (Å²) in [4.78, 5) is 27.6. The molecule has 7 heteroatoms. The van der Waals surface area contributed by atoms with E-state index in [9.17, 15) is 9.59 Å². The van der Waals surface area contributed by atoms with Gasteiger partial charge in [-0.25, -0.2) is 9.59 Å². The summed E-state index contributed by atoms with van der Waals surface area (Å²) in [5.74, 6) is 0.353. The first-order valence-electron chi connectivity index (χ1n) is 10.5. The van der Waals surface area contributed by atoms with Crippen LogP contribution in [-0.2, 0) is 9.53 Å². The Morgan fingerprint density at radius 1 is 1.07 bits per heavy atom. The lowest BCUT2D eigenvalue weighted by molar-refractivity contribution is -0.139. The summed E-state index contributed by atoms with van der Waals surface area (Å²) in [5.41, 5.74) is 1.92. The fourth-order valence-electron chi connectivity index (χ4n) is 3.88. The van der Waals surface area contributed by atoms with Gasteiger partial charge in [0.05, 0.1) is 24.8 Å². The minimum Gasteiger partial charge on any atom is -0.494 e. The molecule has 0 saturated carbocycles. The van der Waals surface area contributed by atoms with Gasteiger partial charge in [0.2, 0.25) is 0 Å². The second kappa shape index (κ2) is 10.3. The summed E-state index contributed by atoms with van der Waals surface area (Å²) in [6.45, 7) is 7.05. The van der Waals surface area contributed by atoms with Crippen molar-refractivity contribution in [3.63, 3.8) is 0 Å². The van der Waals surface area contributed by atoms with Crippen LogP contribution in [0.4, 0.5) is 4.79 Å². The van der Waals surface area contributed by atoms with Gasteiger partial charge in [-0.1, -0.05) is 25.0 Å². The number of benzene rings is 1. The van der Waals surface area contributed by atoms with Crippen molar-refractivity contribution < 1.29 is 19.1 Å². The third-order valence-corrected chi connectivity index (χ3v) is 5.25. The van der Waals surface area contributed by atoms with Gasteiger partial charge in [-0.15, -0.1) is 0 Å². The normalized spacial score (nSPS) is 20.5. The Morgan fingerprint density at radius 2 is 1.76 bits per heavy atom. The molecule has 0 aliphatic carbocycles. The largest absolute Gasteiger partial charge is 0.494 e. The Kier molecular flexibility index (Phi) is 7.52. The second-order valence-electron chi connectivity index (χ2n) is 7.34. The lowest BCUT2D eigenvalue weighted by Gasteiger charge is -2.32. The summed E-state index contributed by atoms with van der Waals surface area (Å²) < 4.78 is 10.8. The SMILES string of the molecule is CCOC(=O)C1=C(CN2CCCCCC2)NC(=O)NC1c1ccc(OCC)cc1. The fraction of sp³-hybridized carbons (Fsp3) is 0.545. The molecular formula is C22H31N3O4. The predicted molar refractivity (Wildman–Crippen MR) is 111 cm³/mol. The predicted octanol–water partition coefficient (Wildman–Crippen LogP) is 3.13. The first-order valence-corrected chi connectivity index (χ1v) is 10.5. The van der Waals surface area contributed by atoms with Crippen LogP contribution in [0.15, 0.2) is 35.5 Å². The van der Waals surface area contributed by atoms with E-state index in [0.717, 1.165) is 37.2 Å². The van der Waals surface area contributed by atoms with Crippen LogP contribution < -0.4 is 15.4 Å². The number of carbonyl (C=O) groups is 2. The van der Waals surface area contributed by atoms with Gasteiger partial charge in [0.1, 0.15) is 5.75 Å². The molecule has 2 heterocycles. The van der Waals surface area contributed by atoms with Gasteiger partial charge in [-0.2, -0.15) is 0 Å². The van der Waals surface area contributed by atoms with Gasteiger partial charge >= 0.3 is 12.0 Å². The molecule has 158 valence electrons.